The molecule has 3 aromatic rings. The summed E-state index contributed by atoms with van der Waals surface area (Å²) in [6.07, 6.45) is 0. The summed E-state index contributed by atoms with van der Waals surface area (Å²) >= 11 is 1.48. The van der Waals surface area contributed by atoms with Gasteiger partial charge in [0.2, 0.25) is 5.16 Å². The molecule has 0 fully saturated rings. The first-order valence-corrected chi connectivity index (χ1v) is 7.20. The lowest BCUT2D eigenvalue weighted by Gasteiger charge is -1.99. The first kappa shape index (κ1) is 13.7. The average molecular weight is 305 g/mol. The molecule has 0 amide bonds. The summed E-state index contributed by atoms with van der Waals surface area (Å²) in [5, 5.41) is 16.0. The van der Waals surface area contributed by atoms with Crippen molar-refractivity contribution < 1.29 is 8.91 Å². The monoisotopic (exact) mass is 305 g/mol. The van der Waals surface area contributed by atoms with Gasteiger partial charge in [0.15, 0.2) is 5.76 Å². The Labute approximate surface area is 124 Å². The molecule has 8 heteroatoms. The molecule has 0 unspecified atom stereocenters. The normalized spacial score (nSPS) is 11.0. The van der Waals surface area contributed by atoms with Crippen molar-refractivity contribution in [1.82, 2.24) is 25.4 Å². The van der Waals surface area contributed by atoms with Crippen LogP contribution in [-0.4, -0.2) is 25.4 Å². The summed E-state index contributed by atoms with van der Waals surface area (Å²) in [5.41, 5.74) is 2.56. The van der Waals surface area contributed by atoms with E-state index in [0.717, 1.165) is 16.8 Å². The van der Waals surface area contributed by atoms with Gasteiger partial charge >= 0.3 is 0 Å². The van der Waals surface area contributed by atoms with Crippen molar-refractivity contribution in [2.75, 3.05) is 0 Å². The van der Waals surface area contributed by atoms with Crippen LogP contribution in [0.1, 0.15) is 11.3 Å². The Morgan fingerprint density at radius 3 is 2.71 bits per heavy atom. The van der Waals surface area contributed by atoms with E-state index < -0.39 is 0 Å². The highest BCUT2D eigenvalue weighted by atomic mass is 32.2. The minimum atomic E-state index is -0.276. The lowest BCUT2D eigenvalue weighted by Crippen LogP contribution is -1.94. The zero-order valence-electron chi connectivity index (χ0n) is 11.4. The maximum absolute atomic E-state index is 13.0. The maximum atomic E-state index is 13.0. The van der Waals surface area contributed by atoms with Gasteiger partial charge < -0.3 is 4.52 Å². The summed E-state index contributed by atoms with van der Waals surface area (Å²) in [6.45, 7) is 1.93. The van der Waals surface area contributed by atoms with Gasteiger partial charge in [0, 0.05) is 23.9 Å². The zero-order chi connectivity index (χ0) is 14.8. The lowest BCUT2D eigenvalue weighted by atomic mass is 10.1. The van der Waals surface area contributed by atoms with Gasteiger partial charge in [-0.25, -0.2) is 9.07 Å². The molecule has 0 spiro atoms. The van der Waals surface area contributed by atoms with Crippen molar-refractivity contribution >= 4 is 11.8 Å². The average Bonchev–Trinajstić information content (AvgIpc) is 3.04. The molecule has 3 rings (SSSR count). The van der Waals surface area contributed by atoms with Crippen LogP contribution in [0.25, 0.3) is 11.3 Å². The predicted molar refractivity (Wildman–Crippen MR) is 75.0 cm³/mol. The molecule has 0 N–H and O–H groups in total. The fourth-order valence-electron chi connectivity index (χ4n) is 1.85. The van der Waals surface area contributed by atoms with Crippen LogP contribution in [0.2, 0.25) is 0 Å². The third kappa shape index (κ3) is 2.80. The van der Waals surface area contributed by atoms with Crippen LogP contribution >= 0.6 is 11.8 Å². The number of nitrogens with zero attached hydrogens (tertiary/aromatic N) is 5. The number of rotatable bonds is 4. The highest BCUT2D eigenvalue weighted by Gasteiger charge is 2.15. The number of halogens is 1. The smallest absolute Gasteiger partial charge is 0.209 e. The van der Waals surface area contributed by atoms with Crippen LogP contribution in [0.3, 0.4) is 0 Å². The van der Waals surface area contributed by atoms with Gasteiger partial charge in [-0.2, -0.15) is 0 Å². The van der Waals surface area contributed by atoms with Gasteiger partial charge in [0.05, 0.1) is 5.69 Å². The summed E-state index contributed by atoms with van der Waals surface area (Å²) in [4.78, 5) is 0. The fourth-order valence-corrected chi connectivity index (χ4v) is 2.70. The van der Waals surface area contributed by atoms with Crippen molar-refractivity contribution in [2.45, 2.75) is 17.8 Å². The van der Waals surface area contributed by atoms with Gasteiger partial charge in [-0.3, -0.25) is 0 Å². The van der Waals surface area contributed by atoms with E-state index in [2.05, 4.69) is 20.7 Å². The summed E-state index contributed by atoms with van der Waals surface area (Å²) in [5.74, 6) is 0.980. The number of hydrogen-bond acceptors (Lipinski definition) is 6. The van der Waals surface area contributed by atoms with Crippen LogP contribution in [0, 0.1) is 12.7 Å². The van der Waals surface area contributed by atoms with Gasteiger partial charge in [-0.15, -0.1) is 5.10 Å². The molecule has 0 atom stereocenters. The van der Waals surface area contributed by atoms with E-state index >= 15 is 0 Å². The molecule has 0 bridgehead atoms. The molecular weight excluding hydrogens is 293 g/mol. The molecule has 0 radical (unpaired) electrons. The molecule has 108 valence electrons. The Morgan fingerprint density at radius 1 is 1.29 bits per heavy atom. The summed E-state index contributed by atoms with van der Waals surface area (Å²) in [6, 6.07) is 6.15. The quantitative estimate of drug-likeness (QED) is 0.690. The topological polar surface area (TPSA) is 69.6 Å². The predicted octanol–water partition coefficient (Wildman–Crippen LogP) is 2.60. The molecule has 2 aromatic heterocycles. The molecule has 21 heavy (non-hydrogen) atoms. The number of hydrogen-bond donors (Lipinski definition) is 0. The number of aromatic nitrogens is 5. The highest BCUT2D eigenvalue weighted by Crippen LogP contribution is 2.29. The Hall–Kier alpha value is -2.22. The second kappa shape index (κ2) is 5.65. The second-order valence-electron chi connectivity index (χ2n) is 4.46. The number of thioether (sulfide) groups is 1. The standard InChI is InChI=1S/C13H12FN5OS/c1-8-11(7-21-13-15-17-18-19(13)2)16-20-12(8)9-3-5-10(14)6-4-9/h3-6H,7H2,1-2H3. The van der Waals surface area contributed by atoms with Crippen molar-refractivity contribution in [3.63, 3.8) is 0 Å². The summed E-state index contributed by atoms with van der Waals surface area (Å²) < 4.78 is 19.9. The van der Waals surface area contributed by atoms with Crippen LogP contribution in [-0.2, 0) is 12.8 Å². The Bertz CT molecular complexity index is 752. The summed E-state index contributed by atoms with van der Waals surface area (Å²) in [7, 11) is 1.78. The van der Waals surface area contributed by atoms with E-state index in [1.807, 2.05) is 6.92 Å². The van der Waals surface area contributed by atoms with Crippen LogP contribution in [0.4, 0.5) is 4.39 Å². The molecule has 0 aliphatic heterocycles. The van der Waals surface area contributed by atoms with Crippen LogP contribution in [0.5, 0.6) is 0 Å². The van der Waals surface area contributed by atoms with Crippen molar-refractivity contribution in [2.24, 2.45) is 7.05 Å². The number of benzene rings is 1. The number of tetrazole rings is 1. The highest BCUT2D eigenvalue weighted by molar-refractivity contribution is 7.98. The van der Waals surface area contributed by atoms with Gasteiger partial charge in [-0.05, 0) is 41.6 Å². The Balaban J connectivity index is 1.79. The van der Waals surface area contributed by atoms with Crippen molar-refractivity contribution in [3.05, 3.63) is 41.3 Å². The third-order valence-corrected chi connectivity index (χ3v) is 4.07. The van der Waals surface area contributed by atoms with Crippen molar-refractivity contribution in [3.8, 4) is 11.3 Å². The minimum Gasteiger partial charge on any atom is -0.356 e. The fraction of sp³-hybridized carbons (Fsp3) is 0.231. The lowest BCUT2D eigenvalue weighted by molar-refractivity contribution is 0.426. The number of aryl methyl sites for hydroxylation is 1. The third-order valence-electron chi connectivity index (χ3n) is 3.05. The Kier molecular flexibility index (Phi) is 3.70. The van der Waals surface area contributed by atoms with E-state index in [-0.39, 0.29) is 5.82 Å². The largest absolute Gasteiger partial charge is 0.356 e. The van der Waals surface area contributed by atoms with Crippen LogP contribution in [0.15, 0.2) is 33.9 Å². The first-order valence-electron chi connectivity index (χ1n) is 6.21. The molecule has 0 aliphatic carbocycles. The SMILES string of the molecule is Cc1c(CSc2nnnn2C)noc1-c1ccc(F)cc1. The molecule has 0 aliphatic rings. The van der Waals surface area contributed by atoms with Crippen molar-refractivity contribution in [1.29, 1.82) is 0 Å². The van der Waals surface area contributed by atoms with E-state index in [0.29, 0.717) is 16.7 Å². The Morgan fingerprint density at radius 2 is 2.05 bits per heavy atom. The molecule has 0 saturated carbocycles. The second-order valence-corrected chi connectivity index (χ2v) is 5.41. The zero-order valence-corrected chi connectivity index (χ0v) is 12.3. The first-order chi connectivity index (χ1) is 10.1. The van der Waals surface area contributed by atoms with Gasteiger partial charge in [-0.1, -0.05) is 16.9 Å². The van der Waals surface area contributed by atoms with E-state index in [9.17, 15) is 4.39 Å². The van der Waals surface area contributed by atoms with Crippen LogP contribution < -0.4 is 0 Å². The molecule has 2 heterocycles. The molecule has 0 saturated heterocycles. The van der Waals surface area contributed by atoms with E-state index in [1.165, 1.54) is 23.9 Å². The molecule has 1 aromatic carbocycles. The molecule has 6 nitrogen and oxygen atoms in total. The van der Waals surface area contributed by atoms with Gasteiger partial charge in [0.25, 0.3) is 0 Å². The molecular formula is C13H12FN5OS. The maximum Gasteiger partial charge on any atom is 0.209 e. The van der Waals surface area contributed by atoms with E-state index in [1.54, 1.807) is 23.9 Å². The minimum absolute atomic E-state index is 0.276. The van der Waals surface area contributed by atoms with Gasteiger partial charge in [0.1, 0.15) is 5.82 Å². The van der Waals surface area contributed by atoms with E-state index in [4.69, 9.17) is 4.52 Å².